The Morgan fingerprint density at radius 2 is 2.05 bits per heavy atom. The van der Waals surface area contributed by atoms with E-state index < -0.39 is 0 Å². The fourth-order valence-corrected chi connectivity index (χ4v) is 2.27. The second-order valence-corrected chi connectivity index (χ2v) is 4.47. The SMILES string of the molecule is COC(=O)c1ccc(-c2ccnc3c2C=CCN3)cc1. The van der Waals surface area contributed by atoms with Gasteiger partial charge in [-0.05, 0) is 29.3 Å². The number of anilines is 1. The van der Waals surface area contributed by atoms with Gasteiger partial charge in [-0.1, -0.05) is 24.3 Å². The number of fused-ring (bicyclic) bond motifs is 1. The molecule has 0 unspecified atom stereocenters. The smallest absolute Gasteiger partial charge is 0.337 e. The van der Waals surface area contributed by atoms with Gasteiger partial charge in [0.15, 0.2) is 0 Å². The maximum atomic E-state index is 11.4. The molecule has 0 saturated heterocycles. The summed E-state index contributed by atoms with van der Waals surface area (Å²) in [5.41, 5.74) is 3.76. The van der Waals surface area contributed by atoms with E-state index in [0.29, 0.717) is 5.56 Å². The number of nitrogens with zero attached hydrogens (tertiary/aromatic N) is 1. The second kappa shape index (κ2) is 5.17. The molecule has 2 aromatic rings. The maximum absolute atomic E-state index is 11.4. The Kier molecular flexibility index (Phi) is 3.21. The van der Waals surface area contributed by atoms with Gasteiger partial charge in [-0.3, -0.25) is 0 Å². The van der Waals surface area contributed by atoms with Crippen molar-refractivity contribution >= 4 is 17.9 Å². The van der Waals surface area contributed by atoms with Crippen molar-refractivity contribution in [1.29, 1.82) is 0 Å². The molecule has 0 fully saturated rings. The Labute approximate surface area is 117 Å². The summed E-state index contributed by atoms with van der Waals surface area (Å²) in [6.07, 6.45) is 5.92. The largest absolute Gasteiger partial charge is 0.465 e. The van der Waals surface area contributed by atoms with Crippen molar-refractivity contribution in [3.05, 3.63) is 53.7 Å². The molecule has 4 heteroatoms. The fraction of sp³-hybridized carbons (Fsp3) is 0.125. The number of nitrogens with one attached hydrogen (secondary N) is 1. The monoisotopic (exact) mass is 266 g/mol. The Morgan fingerprint density at radius 3 is 2.80 bits per heavy atom. The summed E-state index contributed by atoms with van der Waals surface area (Å²) in [6, 6.07) is 9.36. The normalized spacial score (nSPS) is 12.4. The Bertz CT molecular complexity index is 675. The first-order valence-corrected chi connectivity index (χ1v) is 6.38. The molecule has 0 atom stereocenters. The molecule has 0 radical (unpaired) electrons. The van der Waals surface area contributed by atoms with Gasteiger partial charge in [-0.25, -0.2) is 9.78 Å². The van der Waals surface area contributed by atoms with E-state index in [2.05, 4.69) is 22.5 Å². The van der Waals surface area contributed by atoms with E-state index in [0.717, 1.165) is 29.1 Å². The van der Waals surface area contributed by atoms with Crippen LogP contribution in [0.25, 0.3) is 17.2 Å². The highest BCUT2D eigenvalue weighted by atomic mass is 16.5. The number of benzene rings is 1. The van der Waals surface area contributed by atoms with Crippen LogP contribution in [0, 0.1) is 0 Å². The first-order valence-electron chi connectivity index (χ1n) is 6.38. The number of rotatable bonds is 2. The topological polar surface area (TPSA) is 51.2 Å². The van der Waals surface area contributed by atoms with Gasteiger partial charge in [0.2, 0.25) is 0 Å². The van der Waals surface area contributed by atoms with Crippen LogP contribution in [0.1, 0.15) is 15.9 Å². The van der Waals surface area contributed by atoms with Gasteiger partial charge in [0.25, 0.3) is 0 Å². The molecular formula is C16H14N2O2. The Hall–Kier alpha value is -2.62. The standard InChI is InChI=1S/C16H14N2O2/c1-20-16(19)12-6-4-11(5-7-12)13-8-10-18-15-14(13)3-2-9-17-15/h2-8,10H,9H2,1H3,(H,17,18). The second-order valence-electron chi connectivity index (χ2n) is 4.47. The van der Waals surface area contributed by atoms with Crippen LogP contribution in [0.5, 0.6) is 0 Å². The molecule has 0 spiro atoms. The summed E-state index contributed by atoms with van der Waals surface area (Å²) in [6.45, 7) is 0.796. The van der Waals surface area contributed by atoms with Crippen molar-refractivity contribution < 1.29 is 9.53 Å². The van der Waals surface area contributed by atoms with Crippen molar-refractivity contribution in [3.63, 3.8) is 0 Å². The van der Waals surface area contributed by atoms with E-state index in [4.69, 9.17) is 4.74 Å². The highest BCUT2D eigenvalue weighted by molar-refractivity contribution is 5.90. The van der Waals surface area contributed by atoms with E-state index in [9.17, 15) is 4.79 Å². The maximum Gasteiger partial charge on any atom is 0.337 e. The number of carbonyl (C=O) groups excluding carboxylic acids is 1. The molecule has 0 amide bonds. The molecule has 1 N–H and O–H groups in total. The quantitative estimate of drug-likeness (QED) is 0.849. The lowest BCUT2D eigenvalue weighted by molar-refractivity contribution is 0.0601. The number of aromatic nitrogens is 1. The van der Waals surface area contributed by atoms with Gasteiger partial charge in [0.1, 0.15) is 5.82 Å². The van der Waals surface area contributed by atoms with E-state index in [1.165, 1.54) is 7.11 Å². The molecule has 3 rings (SSSR count). The molecule has 0 aliphatic carbocycles. The highest BCUT2D eigenvalue weighted by Gasteiger charge is 2.12. The lowest BCUT2D eigenvalue weighted by Crippen LogP contribution is -2.07. The molecule has 1 aromatic carbocycles. The molecule has 2 heterocycles. The minimum Gasteiger partial charge on any atom is -0.465 e. The van der Waals surface area contributed by atoms with Gasteiger partial charge in [-0.2, -0.15) is 0 Å². The van der Waals surface area contributed by atoms with E-state index in [1.54, 1.807) is 18.3 Å². The summed E-state index contributed by atoms with van der Waals surface area (Å²) in [5.74, 6) is 0.567. The average molecular weight is 266 g/mol. The number of ether oxygens (including phenoxy) is 1. The molecular weight excluding hydrogens is 252 g/mol. The molecule has 100 valence electrons. The summed E-state index contributed by atoms with van der Waals surface area (Å²) >= 11 is 0. The summed E-state index contributed by atoms with van der Waals surface area (Å²) in [7, 11) is 1.38. The minimum absolute atomic E-state index is 0.324. The number of carbonyl (C=O) groups is 1. The molecule has 1 aliphatic heterocycles. The zero-order valence-electron chi connectivity index (χ0n) is 11.1. The molecule has 0 saturated carbocycles. The number of methoxy groups -OCH3 is 1. The predicted molar refractivity (Wildman–Crippen MR) is 78.5 cm³/mol. The van der Waals surface area contributed by atoms with Crippen molar-refractivity contribution in [2.45, 2.75) is 0 Å². The van der Waals surface area contributed by atoms with E-state index in [-0.39, 0.29) is 5.97 Å². The summed E-state index contributed by atoms with van der Waals surface area (Å²) in [4.78, 5) is 15.8. The Balaban J connectivity index is 2.02. The fourth-order valence-electron chi connectivity index (χ4n) is 2.27. The van der Waals surface area contributed by atoms with Gasteiger partial charge in [0.05, 0.1) is 12.7 Å². The zero-order valence-corrected chi connectivity index (χ0v) is 11.1. The van der Waals surface area contributed by atoms with Crippen LogP contribution in [0.4, 0.5) is 5.82 Å². The molecule has 1 aromatic heterocycles. The summed E-state index contributed by atoms with van der Waals surface area (Å²) in [5, 5.41) is 3.24. The number of esters is 1. The van der Waals surface area contributed by atoms with Crippen LogP contribution in [-0.4, -0.2) is 24.6 Å². The van der Waals surface area contributed by atoms with Gasteiger partial charge < -0.3 is 10.1 Å². The van der Waals surface area contributed by atoms with Crippen LogP contribution in [0.2, 0.25) is 0 Å². The average Bonchev–Trinajstić information content (AvgIpc) is 2.54. The first kappa shape index (κ1) is 12.4. The van der Waals surface area contributed by atoms with Crippen LogP contribution in [-0.2, 0) is 4.74 Å². The van der Waals surface area contributed by atoms with Crippen LogP contribution in [0.15, 0.2) is 42.6 Å². The third kappa shape index (κ3) is 2.16. The lowest BCUT2D eigenvalue weighted by atomic mass is 9.98. The van der Waals surface area contributed by atoms with E-state index in [1.807, 2.05) is 18.2 Å². The first-order chi connectivity index (χ1) is 9.79. The predicted octanol–water partition coefficient (Wildman–Crippen LogP) is 2.97. The van der Waals surface area contributed by atoms with Crippen LogP contribution >= 0.6 is 0 Å². The van der Waals surface area contributed by atoms with Crippen molar-refractivity contribution in [3.8, 4) is 11.1 Å². The Morgan fingerprint density at radius 1 is 1.25 bits per heavy atom. The van der Waals surface area contributed by atoms with Gasteiger partial charge in [0, 0.05) is 18.3 Å². The van der Waals surface area contributed by atoms with E-state index >= 15 is 0 Å². The number of hydrogen-bond donors (Lipinski definition) is 1. The lowest BCUT2D eigenvalue weighted by Gasteiger charge is -2.15. The van der Waals surface area contributed by atoms with Crippen LogP contribution < -0.4 is 5.32 Å². The van der Waals surface area contributed by atoms with Gasteiger partial charge in [-0.15, -0.1) is 0 Å². The minimum atomic E-state index is -0.324. The zero-order chi connectivity index (χ0) is 13.9. The highest BCUT2D eigenvalue weighted by Crippen LogP contribution is 2.30. The van der Waals surface area contributed by atoms with Crippen molar-refractivity contribution in [2.24, 2.45) is 0 Å². The number of pyridine rings is 1. The third-order valence-corrected chi connectivity index (χ3v) is 3.28. The van der Waals surface area contributed by atoms with Crippen molar-refractivity contribution in [2.75, 3.05) is 19.0 Å². The molecule has 4 nitrogen and oxygen atoms in total. The summed E-state index contributed by atoms with van der Waals surface area (Å²) < 4.78 is 4.70. The molecule has 20 heavy (non-hydrogen) atoms. The number of hydrogen-bond acceptors (Lipinski definition) is 4. The molecule has 1 aliphatic rings. The third-order valence-electron chi connectivity index (χ3n) is 3.28. The van der Waals surface area contributed by atoms with Gasteiger partial charge >= 0.3 is 5.97 Å². The van der Waals surface area contributed by atoms with Crippen molar-refractivity contribution in [1.82, 2.24) is 4.98 Å². The van der Waals surface area contributed by atoms with Crippen LogP contribution in [0.3, 0.4) is 0 Å². The molecule has 0 bridgehead atoms.